The number of carbonyl (C=O) groups is 14. The average molecular weight is 1610 g/mol. The van der Waals surface area contributed by atoms with E-state index in [1.165, 1.54) is 20.8 Å². The number of aliphatic carboxylic acids is 1. The van der Waals surface area contributed by atoms with E-state index < -0.39 is 193 Å². The third kappa shape index (κ3) is 30.5. The fourth-order valence-electron chi connectivity index (χ4n) is 11.5. The molecular formula is C76H107N17O18S2. The molecule has 0 fully saturated rings. The predicted molar refractivity (Wildman–Crippen MR) is 424 cm³/mol. The molecular weight excluding hydrogens is 1500 g/mol. The van der Waals surface area contributed by atoms with Crippen LogP contribution in [0.1, 0.15) is 95.4 Å². The van der Waals surface area contributed by atoms with Gasteiger partial charge in [0.15, 0.2) is 2.82 Å². The number of hydrogen-bond acceptors (Lipinski definition) is 22. The van der Waals surface area contributed by atoms with Crippen LogP contribution in [0.15, 0.2) is 121 Å². The van der Waals surface area contributed by atoms with E-state index in [1.807, 2.05) is 5.73 Å². The van der Waals surface area contributed by atoms with Gasteiger partial charge in [0.25, 0.3) is 0 Å². The van der Waals surface area contributed by atoms with Gasteiger partial charge in [-0.15, -0.1) is 0 Å². The Kier molecular flexibility index (Phi) is 37.2. The van der Waals surface area contributed by atoms with Crippen molar-refractivity contribution in [2.45, 2.75) is 196 Å². The molecule has 0 bridgehead atoms. The number of nitrogens with two attached hydrogens (primary N) is 3. The maximum Gasteiger partial charge on any atom is 0.327 e. The molecule has 1 heterocycles. The number of hydrogen-bond donors (Lipinski definition) is 23. The van der Waals surface area contributed by atoms with Crippen molar-refractivity contribution in [2.24, 2.45) is 17.2 Å². The van der Waals surface area contributed by atoms with Crippen molar-refractivity contribution in [3.63, 3.8) is 0 Å². The molecule has 0 aliphatic rings. The minimum Gasteiger partial charge on any atom is -0.480 e. The first-order valence-electron chi connectivity index (χ1n) is 38.3. The van der Waals surface area contributed by atoms with Crippen LogP contribution in [0.5, 0.6) is 0 Å². The van der Waals surface area contributed by atoms with Crippen molar-refractivity contribution in [3.05, 3.63) is 144 Å². The number of amides is 13. The minimum atomic E-state index is -2.20. The Hall–Kier alpha value is -10.5. The molecule has 1 aromatic heterocycles. The van der Waals surface area contributed by atoms with E-state index in [2.05, 4.69) is 88.7 Å². The van der Waals surface area contributed by atoms with E-state index >= 15 is 19.2 Å². The Morgan fingerprint density at radius 2 is 0.779 bits per heavy atom. The van der Waals surface area contributed by atoms with Gasteiger partial charge >= 0.3 is 5.97 Å². The number of nitrogens with one attached hydrogen (secondary N) is 14. The molecule has 4 aromatic carbocycles. The second kappa shape index (κ2) is 47.7. The highest BCUT2D eigenvalue weighted by molar-refractivity contribution is 7.80. The maximum absolute atomic E-state index is 15.5. The number of benzene rings is 4. The molecule has 0 aliphatic heterocycles. The monoisotopic (exact) mass is 1610 g/mol. The standard InChI is InChI=1S/C76H107N17O18S2/c1-41(79)63(97)81-42(2)65(99)90-59(39-112)73(107)84-52(29-17-19-31-77)66(100)82-43(3)64(98)85-54(33-46-21-9-6-10-22-46)68(102)86-55(34-47-23-11-7-12-24-47)69(103)87-57(36-49-37-80-51-28-16-15-27-50(49)51)70(104)83-53(30-18-20-32-78)67(101)92-61(44(4)95)74(108)88-56(35-48-25-13-8-14-26-48)71(105)93-62(45(5)96)75(109)89-58(38-94)72(106)91-60(40-113)76(110)111/h6-16,21-28,37,41-45,52-62,80,94-96,112-113H,17-20,29-36,38-40,77-79H2,1-5H3,(H,81,97)(H,82,100)(H,83,104)(H,84,107)(H,85,98)(H,86,102)(H,87,103)(H,88,108)(H,89,109)(H,90,99)(H,91,106)(H,92,101)(H,93,105)(H,110,111)/t41-,42-,43-,44+,45+,52-,53-,54-,55-,56-,57-,58-,59-,60-,61-,62-/m0/s1/i/hD3. The van der Waals surface area contributed by atoms with E-state index in [0.29, 0.717) is 51.3 Å². The Bertz CT molecular complexity index is 4110. The normalized spacial score (nSPS) is 15.8. The van der Waals surface area contributed by atoms with Gasteiger partial charge in [-0.3, -0.25) is 62.3 Å². The van der Waals surface area contributed by atoms with Gasteiger partial charge in [-0.2, -0.15) is 25.3 Å². The molecule has 0 saturated carbocycles. The summed E-state index contributed by atoms with van der Waals surface area (Å²) in [7, 11) is 0. The average Bonchev–Trinajstić information content (AvgIpc) is 1.38. The maximum atomic E-state index is 15.5. The highest BCUT2D eigenvalue weighted by Gasteiger charge is 2.39. The fourth-order valence-corrected chi connectivity index (χ4v) is 12.0. The Balaban J connectivity index is 1.47. The van der Waals surface area contributed by atoms with Crippen molar-refractivity contribution < 1.29 is 91.8 Å². The Morgan fingerprint density at radius 3 is 1.27 bits per heavy atom. The van der Waals surface area contributed by atoms with E-state index in [9.17, 15) is 71.2 Å². The summed E-state index contributed by atoms with van der Waals surface area (Å²) >= 11 is 8.12. The van der Waals surface area contributed by atoms with E-state index in [0.717, 1.165) is 13.8 Å². The third-order valence-corrected chi connectivity index (χ3v) is 18.7. The van der Waals surface area contributed by atoms with Gasteiger partial charge < -0.3 is 112 Å². The molecule has 113 heavy (non-hydrogen) atoms. The summed E-state index contributed by atoms with van der Waals surface area (Å²) in [5.74, 6) is -15.8. The lowest BCUT2D eigenvalue weighted by atomic mass is 10.00. The molecule has 0 radical (unpaired) electrons. The summed E-state index contributed by atoms with van der Waals surface area (Å²) in [6, 6.07) is 8.80. The summed E-state index contributed by atoms with van der Waals surface area (Å²) in [6.07, 6.45) is -2.75. The van der Waals surface area contributed by atoms with Crippen LogP contribution in [0.3, 0.4) is 0 Å². The number of carboxylic acids is 1. The molecule has 0 spiro atoms. The number of carboxylic acid groups (broad SMARTS) is 1. The summed E-state index contributed by atoms with van der Waals surface area (Å²) in [6.45, 7) is 5.40. The molecule has 616 valence electrons. The molecule has 16 atom stereocenters. The number of aliphatic hydroxyl groups is 3. The topological polar surface area (TPSA) is 570 Å². The van der Waals surface area contributed by atoms with Gasteiger partial charge in [-0.05, 0) is 115 Å². The highest BCUT2D eigenvalue weighted by atomic mass is 32.1. The number of aromatic nitrogens is 1. The van der Waals surface area contributed by atoms with Gasteiger partial charge in [0, 0.05) is 54.3 Å². The van der Waals surface area contributed by atoms with Gasteiger partial charge in [-0.1, -0.05) is 109 Å². The summed E-state index contributed by atoms with van der Waals surface area (Å²) in [4.78, 5) is 199. The number of aliphatic hydroxyl groups excluding tert-OH is 3. The van der Waals surface area contributed by atoms with Crippen molar-refractivity contribution in [1.82, 2.24) is 74.1 Å². The van der Waals surface area contributed by atoms with Crippen LogP contribution in [0.2, 0.25) is 4.24 Å². The molecule has 13 amide bonds. The van der Waals surface area contributed by atoms with Crippen LogP contribution in [0, 0.1) is 0 Å². The Labute approximate surface area is 669 Å². The second-order valence-electron chi connectivity index (χ2n) is 27.1. The van der Waals surface area contributed by atoms with Gasteiger partial charge in [-0.25, -0.2) is 4.79 Å². The fraction of sp³-hybridized carbons (Fsp3) is 0.474. The van der Waals surface area contributed by atoms with Crippen LogP contribution in [0.4, 0.5) is 0 Å². The number of thiol groups is 2. The highest BCUT2D eigenvalue weighted by Crippen LogP contribution is 2.21. The molecule has 5 rings (SSSR count). The first-order chi connectivity index (χ1) is 55.2. The van der Waals surface area contributed by atoms with Gasteiger partial charge in [0.05, 0.1) is 24.9 Å². The number of carbonyl (C=O) groups excluding carboxylic acids is 13. The Morgan fingerprint density at radius 1 is 0.407 bits per heavy atom. The van der Waals surface area contributed by atoms with E-state index in [1.54, 1.807) is 121 Å². The number of rotatable bonds is 49. The number of aromatic amines is 1. The lowest BCUT2D eigenvalue weighted by Crippen LogP contribution is -2.63. The van der Waals surface area contributed by atoms with Crippen molar-refractivity contribution in [1.29, 1.82) is 0 Å². The van der Waals surface area contributed by atoms with Crippen LogP contribution >= 0.6 is 25.3 Å². The molecule has 0 saturated heterocycles. The molecule has 0 aliphatic carbocycles. The number of fused-ring (bicyclic) bond motifs is 1. The van der Waals surface area contributed by atoms with Crippen molar-refractivity contribution in [2.75, 3.05) is 31.2 Å². The van der Waals surface area contributed by atoms with Crippen LogP contribution in [0.25, 0.3) is 10.9 Å². The van der Waals surface area contributed by atoms with E-state index in [4.69, 9.17) is 12.9 Å². The third-order valence-electron chi connectivity index (χ3n) is 17.9. The molecule has 24 N–H and O–H groups in total. The summed E-state index contributed by atoms with van der Waals surface area (Å²) < 4.78 is 26.2. The largest absolute Gasteiger partial charge is 0.480 e. The molecule has 37 heteroatoms. The number of unbranched alkanes of at least 4 members (excludes halogenated alkanes) is 2. The van der Waals surface area contributed by atoms with Crippen LogP contribution < -0.4 is 86.3 Å². The van der Waals surface area contributed by atoms with Crippen molar-refractivity contribution in [3.8, 4) is 0 Å². The first-order valence-corrected chi connectivity index (χ1v) is 38.1. The van der Waals surface area contributed by atoms with Crippen LogP contribution in [-0.2, 0) is 92.8 Å². The predicted octanol–water partition coefficient (Wildman–Crippen LogP) is -3.92. The van der Waals surface area contributed by atoms with Gasteiger partial charge in [0.1, 0.15) is 80.0 Å². The second-order valence-corrected chi connectivity index (χ2v) is 27.9. The van der Waals surface area contributed by atoms with Crippen LogP contribution in [-0.4, -0.2) is 236 Å². The number of para-hydroxylation sites is 1. The van der Waals surface area contributed by atoms with Gasteiger partial charge in [0.2, 0.25) is 76.8 Å². The summed E-state index contributed by atoms with van der Waals surface area (Å²) in [5, 5.41) is 69.7. The zero-order valence-electron chi connectivity index (χ0n) is 66.3. The summed E-state index contributed by atoms with van der Waals surface area (Å²) in [5.41, 5.74) is 16.0. The zero-order chi connectivity index (χ0) is 85.9. The smallest absolute Gasteiger partial charge is 0.327 e. The van der Waals surface area contributed by atoms with E-state index in [-0.39, 0.29) is 74.9 Å². The lowest BCUT2D eigenvalue weighted by Gasteiger charge is -2.29. The minimum absolute atomic E-state index is 0.00779. The SMILES string of the molecule is [2H]N[C@@H](C)C(=O)N[C@@H](C)C(=O)N[C@@H](CS)C(=O)N[C@@H](CCCCN)C(=O)N[C@@H](C)C(=O)N[C@@H](Cc1ccccc1)C(=O)N([2H])[C@@H](Cc1ccccc1)C(=O)N[C@@H](Cc1c[nH]c2ccccc12)C(=O)N[C@@H](CCCCN)C(=O)N([2H])[C@H](C(=O)N[C@@H](Cc1ccccc1)C(=O)N[C@H](C(=O)N[C@@H](CO)C(=O)N[C@@H](CS)C(=O)O)[C@@H](C)O)[C@@H](C)O. The zero-order valence-corrected chi connectivity index (χ0v) is 65.1. The first kappa shape index (κ1) is 88.0. The van der Waals surface area contributed by atoms with Crippen molar-refractivity contribution >= 4 is 119 Å². The molecule has 0 unspecified atom stereocenters. The molecule has 35 nitrogen and oxygen atoms in total. The molecule has 5 aromatic rings. The quantitative estimate of drug-likeness (QED) is 0.0131. The number of H-pyrrole nitrogens is 1. The lowest BCUT2D eigenvalue weighted by molar-refractivity contribution is -0.142.